The molecule has 3 aromatic rings. The molecule has 7 nitrogen and oxygen atoms in total. The summed E-state index contributed by atoms with van der Waals surface area (Å²) in [7, 11) is 0. The van der Waals surface area contributed by atoms with Crippen LogP contribution in [0.5, 0.6) is 0 Å². The molecule has 0 aliphatic carbocycles. The van der Waals surface area contributed by atoms with Crippen molar-refractivity contribution in [1.82, 2.24) is 19.9 Å². The van der Waals surface area contributed by atoms with Gasteiger partial charge in [-0.25, -0.2) is 9.97 Å². The Balaban J connectivity index is 1.53. The van der Waals surface area contributed by atoms with Crippen molar-refractivity contribution < 1.29 is 4.79 Å². The minimum absolute atomic E-state index is 0.0300. The lowest BCUT2D eigenvalue weighted by Crippen LogP contribution is -2.49. The van der Waals surface area contributed by atoms with Crippen LogP contribution in [0.2, 0.25) is 0 Å². The van der Waals surface area contributed by atoms with Gasteiger partial charge in [0.2, 0.25) is 0 Å². The predicted molar refractivity (Wildman–Crippen MR) is 103 cm³/mol. The number of nitriles is 1. The number of amides is 1. The van der Waals surface area contributed by atoms with Crippen LogP contribution in [-0.4, -0.2) is 51.9 Å². The molecule has 0 radical (unpaired) electrons. The molecular formula is C20H20N6O. The number of carbonyl (C=O) groups is 1. The number of aromatic amines is 1. The third-order valence-corrected chi connectivity index (χ3v) is 5.03. The molecule has 1 aliphatic heterocycles. The maximum Gasteiger partial charge on any atom is 0.270 e. The smallest absolute Gasteiger partial charge is 0.270 e. The van der Waals surface area contributed by atoms with Gasteiger partial charge in [0.1, 0.15) is 11.8 Å². The van der Waals surface area contributed by atoms with Crippen LogP contribution in [0.4, 0.5) is 5.82 Å². The number of hydrogen-bond donors (Lipinski definition) is 1. The van der Waals surface area contributed by atoms with Gasteiger partial charge in [0.05, 0.1) is 0 Å². The Kier molecular flexibility index (Phi) is 4.47. The summed E-state index contributed by atoms with van der Waals surface area (Å²) < 4.78 is 0. The average molecular weight is 360 g/mol. The van der Waals surface area contributed by atoms with Crippen molar-refractivity contribution >= 4 is 22.6 Å². The summed E-state index contributed by atoms with van der Waals surface area (Å²) in [5, 5.41) is 10.3. The number of anilines is 1. The van der Waals surface area contributed by atoms with Crippen molar-refractivity contribution in [2.45, 2.75) is 13.3 Å². The zero-order valence-corrected chi connectivity index (χ0v) is 15.1. The van der Waals surface area contributed by atoms with Crippen molar-refractivity contribution in [2.24, 2.45) is 0 Å². The molecule has 0 unspecified atom stereocenters. The molecule has 1 aliphatic rings. The Morgan fingerprint density at radius 2 is 1.93 bits per heavy atom. The van der Waals surface area contributed by atoms with Crippen LogP contribution < -0.4 is 4.90 Å². The molecule has 4 rings (SSSR count). The lowest BCUT2D eigenvalue weighted by molar-refractivity contribution is 0.0740. The molecule has 1 N–H and O–H groups in total. The molecule has 0 bridgehead atoms. The van der Waals surface area contributed by atoms with Crippen molar-refractivity contribution in [2.75, 3.05) is 31.1 Å². The summed E-state index contributed by atoms with van der Waals surface area (Å²) in [5.74, 6) is 0.620. The van der Waals surface area contributed by atoms with Gasteiger partial charge in [-0.3, -0.25) is 4.79 Å². The van der Waals surface area contributed by atoms with E-state index in [-0.39, 0.29) is 5.91 Å². The first-order chi connectivity index (χ1) is 13.2. The summed E-state index contributed by atoms with van der Waals surface area (Å²) in [6.45, 7) is 4.49. The molecule has 1 saturated heterocycles. The second-order valence-electron chi connectivity index (χ2n) is 6.50. The first kappa shape index (κ1) is 17.0. The minimum Gasteiger partial charge on any atom is -0.351 e. The monoisotopic (exact) mass is 360 g/mol. The number of aromatic nitrogens is 3. The van der Waals surface area contributed by atoms with Gasteiger partial charge in [0, 0.05) is 49.5 Å². The van der Waals surface area contributed by atoms with Crippen LogP contribution in [-0.2, 0) is 6.42 Å². The van der Waals surface area contributed by atoms with Gasteiger partial charge in [-0.15, -0.1) is 0 Å². The highest BCUT2D eigenvalue weighted by Gasteiger charge is 2.27. The molecule has 7 heteroatoms. The molecule has 1 amide bonds. The summed E-state index contributed by atoms with van der Waals surface area (Å²) >= 11 is 0. The van der Waals surface area contributed by atoms with E-state index in [2.05, 4.69) is 34.0 Å². The average Bonchev–Trinajstić information content (AvgIpc) is 3.12. The maximum atomic E-state index is 13.1. The molecule has 3 heterocycles. The molecule has 27 heavy (non-hydrogen) atoms. The lowest BCUT2D eigenvalue weighted by atomic mass is 10.1. The molecule has 0 atom stereocenters. The van der Waals surface area contributed by atoms with Crippen LogP contribution in [0.15, 0.2) is 36.7 Å². The lowest BCUT2D eigenvalue weighted by Gasteiger charge is -2.35. The van der Waals surface area contributed by atoms with Gasteiger partial charge in [0.25, 0.3) is 5.91 Å². The van der Waals surface area contributed by atoms with E-state index in [0.29, 0.717) is 43.4 Å². The van der Waals surface area contributed by atoms with Crippen LogP contribution in [0.25, 0.3) is 10.9 Å². The SMILES string of the molecule is CCc1c(C(=O)N2CCN(c3nccnc3C#N)CC2)[nH]c2ccccc12. The normalized spacial score (nSPS) is 14.4. The Bertz CT molecular complexity index is 1030. The number of rotatable bonds is 3. The second-order valence-corrected chi connectivity index (χ2v) is 6.50. The first-order valence-corrected chi connectivity index (χ1v) is 9.07. The Morgan fingerprint density at radius 1 is 1.19 bits per heavy atom. The zero-order valence-electron chi connectivity index (χ0n) is 15.1. The molecule has 1 aromatic carbocycles. The quantitative estimate of drug-likeness (QED) is 0.774. The standard InChI is InChI=1S/C20H20N6O/c1-2-14-15-5-3-4-6-16(15)24-18(14)20(27)26-11-9-25(10-12-26)19-17(13-21)22-7-8-23-19/h3-8,24H,2,9-12H2,1H3. The fraction of sp³-hybridized carbons (Fsp3) is 0.300. The van der Waals surface area contributed by atoms with E-state index in [0.717, 1.165) is 22.9 Å². The summed E-state index contributed by atoms with van der Waals surface area (Å²) in [4.78, 5) is 28.7. The van der Waals surface area contributed by atoms with Crippen molar-refractivity contribution in [3.05, 3.63) is 53.6 Å². The number of piperazine rings is 1. The molecular weight excluding hydrogens is 340 g/mol. The van der Waals surface area contributed by atoms with Gasteiger partial charge in [-0.1, -0.05) is 25.1 Å². The number of nitrogens with zero attached hydrogens (tertiary/aromatic N) is 5. The Hall–Kier alpha value is -3.40. The van der Waals surface area contributed by atoms with Gasteiger partial charge >= 0.3 is 0 Å². The summed E-state index contributed by atoms with van der Waals surface area (Å²) in [5.41, 5.74) is 3.07. The number of aryl methyl sites for hydroxylation is 1. The van der Waals surface area contributed by atoms with Crippen LogP contribution in [0.3, 0.4) is 0 Å². The largest absolute Gasteiger partial charge is 0.351 e. The number of H-pyrrole nitrogens is 1. The van der Waals surface area contributed by atoms with Crippen molar-refractivity contribution in [3.63, 3.8) is 0 Å². The number of carbonyl (C=O) groups excluding carboxylic acids is 1. The van der Waals surface area contributed by atoms with Gasteiger partial charge in [-0.2, -0.15) is 5.26 Å². The molecule has 0 spiro atoms. The van der Waals surface area contributed by atoms with Gasteiger partial charge < -0.3 is 14.8 Å². The van der Waals surface area contributed by atoms with Crippen molar-refractivity contribution in [1.29, 1.82) is 5.26 Å². The number of nitrogens with one attached hydrogen (secondary N) is 1. The van der Waals surface area contributed by atoms with Crippen LogP contribution in [0.1, 0.15) is 28.7 Å². The molecule has 136 valence electrons. The van der Waals surface area contributed by atoms with E-state index >= 15 is 0 Å². The minimum atomic E-state index is 0.0300. The van der Waals surface area contributed by atoms with E-state index in [1.165, 1.54) is 6.20 Å². The Labute approximate surface area is 157 Å². The molecule has 2 aromatic heterocycles. The summed E-state index contributed by atoms with van der Waals surface area (Å²) in [6, 6.07) is 10.1. The highest BCUT2D eigenvalue weighted by Crippen LogP contribution is 2.25. The number of para-hydroxylation sites is 1. The van der Waals surface area contributed by atoms with Gasteiger partial charge in [0.15, 0.2) is 11.5 Å². The van der Waals surface area contributed by atoms with E-state index in [1.54, 1.807) is 6.20 Å². The highest BCUT2D eigenvalue weighted by atomic mass is 16.2. The predicted octanol–water partition coefficient (Wildman–Crippen LogP) is 2.35. The third-order valence-electron chi connectivity index (χ3n) is 5.03. The summed E-state index contributed by atoms with van der Waals surface area (Å²) in [6.07, 6.45) is 3.91. The second kappa shape index (κ2) is 7.08. The Morgan fingerprint density at radius 3 is 2.67 bits per heavy atom. The zero-order chi connectivity index (χ0) is 18.8. The van der Waals surface area contributed by atoms with E-state index < -0.39 is 0 Å². The number of fused-ring (bicyclic) bond motifs is 1. The fourth-order valence-corrected chi connectivity index (χ4v) is 3.67. The van der Waals surface area contributed by atoms with E-state index in [9.17, 15) is 10.1 Å². The number of hydrogen-bond acceptors (Lipinski definition) is 5. The van der Waals surface area contributed by atoms with Gasteiger partial charge in [-0.05, 0) is 18.1 Å². The maximum absolute atomic E-state index is 13.1. The first-order valence-electron chi connectivity index (χ1n) is 9.07. The topological polar surface area (TPSA) is 88.9 Å². The number of benzene rings is 1. The van der Waals surface area contributed by atoms with Crippen LogP contribution in [0, 0.1) is 11.3 Å². The molecule has 1 fully saturated rings. The highest BCUT2D eigenvalue weighted by molar-refractivity contribution is 6.01. The molecule has 0 saturated carbocycles. The van der Waals surface area contributed by atoms with Crippen molar-refractivity contribution in [3.8, 4) is 6.07 Å². The fourth-order valence-electron chi connectivity index (χ4n) is 3.67. The third kappa shape index (κ3) is 2.99. The van der Waals surface area contributed by atoms with E-state index in [1.807, 2.05) is 28.0 Å². The van der Waals surface area contributed by atoms with E-state index in [4.69, 9.17) is 0 Å². The van der Waals surface area contributed by atoms with Crippen LogP contribution >= 0.6 is 0 Å².